The molecule has 3 amide bonds. The number of aliphatic hydroxyl groups is 8. The van der Waals surface area contributed by atoms with Gasteiger partial charge >= 0.3 is 5.97 Å². The Labute approximate surface area is 323 Å². The van der Waals surface area contributed by atoms with E-state index in [1.807, 2.05) is 30.3 Å². The van der Waals surface area contributed by atoms with Crippen LogP contribution < -0.4 is 16.0 Å². The summed E-state index contributed by atoms with van der Waals surface area (Å²) < 4.78 is 26.5. The van der Waals surface area contributed by atoms with Crippen molar-refractivity contribution in [3.05, 3.63) is 35.9 Å². The Balaban J connectivity index is 1.42. The number of aliphatic hydroxyl groups excluding tert-OH is 8. The van der Waals surface area contributed by atoms with Crippen LogP contribution in [0.5, 0.6) is 0 Å². The standard InChI is InChI=1S/C35H56N4O17/c40-18-22-28(46)30(48)32(50)34(55-22)52-13-11-37-25(43)16-39(17-26(44)38-12-14-53-35-33(51)31(49)29(47)23(19-41)56-35)15-24(42)36-10-6-2-5-9-27(45)54-20-21-7-3-1-4-8-21/h1,3-4,7-8,22-23,28-35,40-41,46-51H,2,5-6,9-20H2,(H,36,42)(H,37,43)(H,38,44)/t22-,23-,28-,29-,30+,31+,32-,33-,34-,35-/m1/s1. The van der Waals surface area contributed by atoms with E-state index in [9.17, 15) is 60.0 Å². The first-order valence-corrected chi connectivity index (χ1v) is 18.4. The number of nitrogens with one attached hydrogen (secondary N) is 3. The van der Waals surface area contributed by atoms with Crippen LogP contribution in [0, 0.1) is 0 Å². The highest BCUT2D eigenvalue weighted by molar-refractivity contribution is 5.84. The number of carbonyl (C=O) groups excluding carboxylic acids is 4. The summed E-state index contributed by atoms with van der Waals surface area (Å²) >= 11 is 0. The summed E-state index contributed by atoms with van der Waals surface area (Å²) in [6.45, 7) is -2.65. The highest BCUT2D eigenvalue weighted by Crippen LogP contribution is 2.23. The second kappa shape index (κ2) is 25.0. The van der Waals surface area contributed by atoms with Crippen molar-refractivity contribution in [3.63, 3.8) is 0 Å². The number of benzene rings is 1. The molecule has 3 rings (SSSR count). The predicted molar refractivity (Wildman–Crippen MR) is 190 cm³/mol. The summed E-state index contributed by atoms with van der Waals surface area (Å²) in [6.07, 6.45) is -12.8. The van der Waals surface area contributed by atoms with Crippen molar-refractivity contribution in [2.75, 3.05) is 65.7 Å². The van der Waals surface area contributed by atoms with Gasteiger partial charge < -0.3 is 80.5 Å². The molecule has 1 aromatic carbocycles. The second-order valence-electron chi connectivity index (χ2n) is 13.3. The molecule has 0 radical (unpaired) electrons. The number of unbranched alkanes of at least 4 members (excludes halogenated alkanes) is 2. The maximum atomic E-state index is 12.8. The van der Waals surface area contributed by atoms with E-state index in [1.54, 1.807) is 0 Å². The number of esters is 1. The van der Waals surface area contributed by atoms with Crippen molar-refractivity contribution >= 4 is 23.7 Å². The monoisotopic (exact) mass is 804 g/mol. The van der Waals surface area contributed by atoms with Crippen LogP contribution >= 0.6 is 0 Å². The average Bonchev–Trinajstić information content (AvgIpc) is 3.18. The van der Waals surface area contributed by atoms with Gasteiger partial charge in [-0.15, -0.1) is 0 Å². The molecule has 318 valence electrons. The molecule has 0 bridgehead atoms. The van der Waals surface area contributed by atoms with Crippen LogP contribution in [-0.2, 0) is 49.5 Å². The van der Waals surface area contributed by atoms with Crippen LogP contribution in [0.25, 0.3) is 0 Å². The summed E-state index contributed by atoms with van der Waals surface area (Å²) in [4.78, 5) is 51.7. The van der Waals surface area contributed by atoms with Gasteiger partial charge in [-0.2, -0.15) is 0 Å². The Bertz CT molecular complexity index is 1270. The molecule has 56 heavy (non-hydrogen) atoms. The van der Waals surface area contributed by atoms with Gasteiger partial charge in [-0.1, -0.05) is 36.8 Å². The normalized spacial score (nSPS) is 27.7. The Morgan fingerprint density at radius 2 is 1.07 bits per heavy atom. The molecule has 2 aliphatic rings. The highest BCUT2D eigenvalue weighted by Gasteiger charge is 2.45. The minimum atomic E-state index is -1.64. The quantitative estimate of drug-likeness (QED) is 0.0343. The number of hydrogen-bond donors (Lipinski definition) is 11. The first-order valence-electron chi connectivity index (χ1n) is 18.4. The third-order valence-corrected chi connectivity index (χ3v) is 8.83. The first-order chi connectivity index (χ1) is 26.8. The van der Waals surface area contributed by atoms with Gasteiger partial charge in [-0.25, -0.2) is 0 Å². The van der Waals surface area contributed by atoms with Crippen molar-refractivity contribution < 1.29 is 83.7 Å². The molecule has 0 aliphatic carbocycles. The SMILES string of the molecule is O=C(CN(CC(=O)NCCO[C@@H]1O[C@H](CO)[C@@H](O)[C@H](O)[C@H]1O)CC(=O)NCCO[C@@H]1O[C@H](CO)[C@@H](O)[C@H](O)[C@H]1O)NCCCCCC(=O)OCc1ccccc1. The Morgan fingerprint density at radius 3 is 1.54 bits per heavy atom. The molecule has 2 fully saturated rings. The molecule has 0 aromatic heterocycles. The van der Waals surface area contributed by atoms with Gasteiger partial charge in [0.05, 0.1) is 46.1 Å². The lowest BCUT2D eigenvalue weighted by molar-refractivity contribution is -0.300. The van der Waals surface area contributed by atoms with E-state index in [0.29, 0.717) is 19.3 Å². The van der Waals surface area contributed by atoms with Gasteiger partial charge in [0.15, 0.2) is 12.6 Å². The van der Waals surface area contributed by atoms with Gasteiger partial charge in [-0.05, 0) is 18.4 Å². The molecule has 0 spiro atoms. The van der Waals surface area contributed by atoms with Gasteiger partial charge in [0.2, 0.25) is 17.7 Å². The minimum absolute atomic E-state index is 0.116. The Morgan fingerprint density at radius 1 is 0.607 bits per heavy atom. The van der Waals surface area contributed by atoms with Crippen molar-refractivity contribution in [1.82, 2.24) is 20.9 Å². The van der Waals surface area contributed by atoms with Crippen molar-refractivity contribution in [3.8, 4) is 0 Å². The minimum Gasteiger partial charge on any atom is -0.461 e. The molecule has 2 heterocycles. The number of rotatable bonds is 24. The van der Waals surface area contributed by atoms with Crippen molar-refractivity contribution in [1.29, 1.82) is 0 Å². The largest absolute Gasteiger partial charge is 0.461 e. The maximum absolute atomic E-state index is 12.8. The van der Waals surface area contributed by atoms with E-state index in [-0.39, 0.29) is 58.4 Å². The molecular formula is C35H56N4O17. The van der Waals surface area contributed by atoms with E-state index in [0.717, 1.165) is 5.56 Å². The van der Waals surface area contributed by atoms with Gasteiger partial charge in [-0.3, -0.25) is 24.1 Å². The lowest BCUT2D eigenvalue weighted by atomic mass is 9.99. The zero-order valence-corrected chi connectivity index (χ0v) is 31.0. The number of ether oxygens (including phenoxy) is 5. The summed E-state index contributed by atoms with van der Waals surface area (Å²) in [6, 6.07) is 9.28. The lowest BCUT2D eigenvalue weighted by Gasteiger charge is -2.39. The van der Waals surface area contributed by atoms with E-state index in [4.69, 9.17) is 23.7 Å². The Kier molecular flexibility index (Phi) is 21.0. The molecule has 1 aromatic rings. The average molecular weight is 805 g/mol. The molecule has 2 saturated heterocycles. The van der Waals surface area contributed by atoms with E-state index >= 15 is 0 Å². The van der Waals surface area contributed by atoms with E-state index in [1.165, 1.54) is 4.90 Å². The lowest BCUT2D eigenvalue weighted by Crippen LogP contribution is -2.59. The molecular weight excluding hydrogens is 748 g/mol. The van der Waals surface area contributed by atoms with Crippen LogP contribution in [-0.4, -0.2) is 197 Å². The predicted octanol–water partition coefficient (Wildman–Crippen LogP) is -5.43. The third kappa shape index (κ3) is 15.8. The summed E-state index contributed by atoms with van der Waals surface area (Å²) in [7, 11) is 0. The van der Waals surface area contributed by atoms with Gasteiger partial charge in [0, 0.05) is 26.1 Å². The topological polar surface area (TPSA) is 316 Å². The van der Waals surface area contributed by atoms with Gasteiger partial charge in [0.25, 0.3) is 0 Å². The first kappa shape index (κ1) is 47.0. The fourth-order valence-corrected chi connectivity index (χ4v) is 5.70. The second-order valence-corrected chi connectivity index (χ2v) is 13.3. The van der Waals surface area contributed by atoms with E-state index in [2.05, 4.69) is 16.0 Å². The van der Waals surface area contributed by atoms with Crippen LogP contribution in [0.2, 0.25) is 0 Å². The fraction of sp³-hybridized carbons (Fsp3) is 0.714. The summed E-state index contributed by atoms with van der Waals surface area (Å²) in [5.41, 5.74) is 0.884. The van der Waals surface area contributed by atoms with E-state index < -0.39 is 105 Å². The van der Waals surface area contributed by atoms with Crippen LogP contribution in [0.15, 0.2) is 30.3 Å². The summed E-state index contributed by atoms with van der Waals surface area (Å²) in [5, 5.41) is 86.3. The molecule has 0 saturated carbocycles. The van der Waals surface area contributed by atoms with Crippen LogP contribution in [0.1, 0.15) is 31.2 Å². The number of nitrogens with zero attached hydrogens (tertiary/aromatic N) is 1. The maximum Gasteiger partial charge on any atom is 0.306 e. The molecule has 10 atom stereocenters. The molecule has 2 aliphatic heterocycles. The molecule has 21 nitrogen and oxygen atoms in total. The zero-order valence-electron chi connectivity index (χ0n) is 31.0. The van der Waals surface area contributed by atoms with Crippen molar-refractivity contribution in [2.24, 2.45) is 0 Å². The molecule has 0 unspecified atom stereocenters. The van der Waals surface area contributed by atoms with Crippen LogP contribution in [0.3, 0.4) is 0 Å². The van der Waals surface area contributed by atoms with Crippen molar-refractivity contribution in [2.45, 2.75) is 93.7 Å². The summed E-state index contributed by atoms with van der Waals surface area (Å²) in [5.74, 6) is -2.02. The molecule has 11 N–H and O–H groups in total. The number of hydrogen-bond acceptors (Lipinski definition) is 18. The molecule has 21 heteroatoms. The highest BCUT2D eigenvalue weighted by atomic mass is 16.7. The third-order valence-electron chi connectivity index (χ3n) is 8.83. The Hall–Kier alpha value is -3.42. The van der Waals surface area contributed by atoms with Crippen LogP contribution in [0.4, 0.5) is 0 Å². The van der Waals surface area contributed by atoms with Gasteiger partial charge in [0.1, 0.15) is 55.4 Å². The smallest absolute Gasteiger partial charge is 0.306 e. The number of carbonyl (C=O) groups is 4. The fourth-order valence-electron chi connectivity index (χ4n) is 5.70. The zero-order chi connectivity index (χ0) is 41.0. The number of amides is 3.